The number of nitrogens with zero attached hydrogens (tertiary/aromatic N) is 1. The molecule has 2 heterocycles. The van der Waals surface area contributed by atoms with E-state index in [-0.39, 0.29) is 22.3 Å². The Morgan fingerprint density at radius 3 is 2.81 bits per heavy atom. The number of para-hydroxylation sites is 1. The van der Waals surface area contributed by atoms with E-state index in [0.717, 1.165) is 19.4 Å². The number of H-pyrrole nitrogens is 1. The maximum Gasteiger partial charge on any atom is 0.266 e. The predicted molar refractivity (Wildman–Crippen MR) is 106 cm³/mol. The van der Waals surface area contributed by atoms with Crippen LogP contribution in [-0.2, 0) is 4.74 Å². The van der Waals surface area contributed by atoms with Crippen molar-refractivity contribution in [2.75, 3.05) is 13.2 Å². The Kier molecular flexibility index (Phi) is 4.87. The van der Waals surface area contributed by atoms with Crippen LogP contribution in [0.5, 0.6) is 0 Å². The van der Waals surface area contributed by atoms with Gasteiger partial charge in [0.25, 0.3) is 11.5 Å². The monoisotopic (exact) mass is 381 g/mol. The summed E-state index contributed by atoms with van der Waals surface area (Å²) >= 11 is 5.37. The number of benzene rings is 2. The molecule has 0 saturated carbocycles. The molecule has 1 saturated heterocycles. The fourth-order valence-electron chi connectivity index (χ4n) is 3.28. The summed E-state index contributed by atoms with van der Waals surface area (Å²) in [6.45, 7) is 1.24. The van der Waals surface area contributed by atoms with Gasteiger partial charge in [-0.05, 0) is 55.4 Å². The zero-order chi connectivity index (χ0) is 18.8. The van der Waals surface area contributed by atoms with Gasteiger partial charge < -0.3 is 15.0 Å². The van der Waals surface area contributed by atoms with Crippen LogP contribution in [0.25, 0.3) is 16.6 Å². The van der Waals surface area contributed by atoms with Crippen molar-refractivity contribution in [3.05, 3.63) is 69.2 Å². The summed E-state index contributed by atoms with van der Waals surface area (Å²) in [5.41, 5.74) is 1.50. The molecule has 6 nitrogen and oxygen atoms in total. The molecule has 1 amide bonds. The van der Waals surface area contributed by atoms with Crippen LogP contribution < -0.4 is 10.9 Å². The lowest BCUT2D eigenvalue weighted by atomic mass is 10.1. The number of aromatic nitrogens is 2. The number of amides is 1. The highest BCUT2D eigenvalue weighted by atomic mass is 32.1. The molecule has 0 radical (unpaired) electrons. The summed E-state index contributed by atoms with van der Waals surface area (Å²) < 4.78 is 7.26. The van der Waals surface area contributed by atoms with Crippen molar-refractivity contribution in [1.82, 2.24) is 14.9 Å². The number of hydrogen-bond donors (Lipinski definition) is 2. The van der Waals surface area contributed by atoms with Gasteiger partial charge >= 0.3 is 0 Å². The highest BCUT2D eigenvalue weighted by molar-refractivity contribution is 7.71. The maximum atomic E-state index is 12.9. The second kappa shape index (κ2) is 7.46. The highest BCUT2D eigenvalue weighted by Gasteiger charge is 2.17. The van der Waals surface area contributed by atoms with Gasteiger partial charge in [-0.3, -0.25) is 14.2 Å². The number of carbonyl (C=O) groups excluding carboxylic acids is 1. The van der Waals surface area contributed by atoms with Crippen molar-refractivity contribution in [1.29, 1.82) is 0 Å². The minimum atomic E-state index is -0.216. The topological polar surface area (TPSA) is 76.1 Å². The predicted octanol–water partition coefficient (Wildman–Crippen LogP) is 2.96. The first-order valence-corrected chi connectivity index (χ1v) is 9.28. The quantitative estimate of drug-likeness (QED) is 0.682. The SMILES string of the molecule is O=C(NC[C@@H]1CCCO1)c1ccc2c(=O)n(-c3ccccc3)c(=S)[nH]c2c1. The van der Waals surface area contributed by atoms with Gasteiger partial charge in [-0.15, -0.1) is 0 Å². The van der Waals surface area contributed by atoms with Crippen LogP contribution in [0.2, 0.25) is 0 Å². The van der Waals surface area contributed by atoms with Gasteiger partial charge in [0.1, 0.15) is 0 Å². The molecule has 2 N–H and O–H groups in total. The van der Waals surface area contributed by atoms with E-state index in [0.29, 0.717) is 28.7 Å². The number of rotatable bonds is 4. The molecule has 1 atom stereocenters. The first-order valence-electron chi connectivity index (χ1n) is 8.88. The van der Waals surface area contributed by atoms with Crippen LogP contribution >= 0.6 is 12.2 Å². The van der Waals surface area contributed by atoms with Gasteiger partial charge in [-0.25, -0.2) is 0 Å². The Morgan fingerprint density at radius 2 is 2.07 bits per heavy atom. The van der Waals surface area contributed by atoms with E-state index >= 15 is 0 Å². The molecule has 1 aromatic heterocycles. The van der Waals surface area contributed by atoms with Crippen molar-refractivity contribution < 1.29 is 9.53 Å². The third-order valence-corrected chi connectivity index (χ3v) is 4.97. The van der Waals surface area contributed by atoms with Crippen LogP contribution in [-0.4, -0.2) is 34.7 Å². The molecule has 0 spiro atoms. The van der Waals surface area contributed by atoms with Gasteiger partial charge in [0, 0.05) is 18.7 Å². The average molecular weight is 381 g/mol. The zero-order valence-electron chi connectivity index (χ0n) is 14.6. The number of carbonyl (C=O) groups is 1. The first kappa shape index (κ1) is 17.6. The number of ether oxygens (including phenoxy) is 1. The molecule has 7 heteroatoms. The number of nitrogens with one attached hydrogen (secondary N) is 2. The van der Waals surface area contributed by atoms with Crippen molar-refractivity contribution in [2.45, 2.75) is 18.9 Å². The van der Waals surface area contributed by atoms with Crippen molar-refractivity contribution in [2.24, 2.45) is 0 Å². The van der Waals surface area contributed by atoms with Gasteiger partial charge in [0.2, 0.25) is 0 Å². The minimum Gasteiger partial charge on any atom is -0.376 e. The third-order valence-electron chi connectivity index (χ3n) is 4.69. The lowest BCUT2D eigenvalue weighted by Crippen LogP contribution is -2.31. The average Bonchev–Trinajstić information content (AvgIpc) is 3.20. The molecular formula is C20H19N3O3S. The van der Waals surface area contributed by atoms with Crippen LogP contribution in [0, 0.1) is 4.77 Å². The molecule has 138 valence electrons. The molecule has 2 aromatic carbocycles. The van der Waals surface area contributed by atoms with E-state index in [9.17, 15) is 9.59 Å². The van der Waals surface area contributed by atoms with Crippen LogP contribution in [0.3, 0.4) is 0 Å². The third kappa shape index (κ3) is 3.56. The second-order valence-corrected chi connectivity index (χ2v) is 6.90. The fraction of sp³-hybridized carbons (Fsp3) is 0.250. The summed E-state index contributed by atoms with van der Waals surface area (Å²) in [4.78, 5) is 28.4. The normalized spacial score (nSPS) is 16.5. The first-order chi connectivity index (χ1) is 13.1. The van der Waals surface area contributed by atoms with E-state index in [1.807, 2.05) is 30.3 Å². The second-order valence-electron chi connectivity index (χ2n) is 6.51. The Labute approximate surface area is 160 Å². The van der Waals surface area contributed by atoms with E-state index in [1.165, 1.54) is 4.57 Å². The van der Waals surface area contributed by atoms with Crippen LogP contribution in [0.1, 0.15) is 23.2 Å². The molecule has 27 heavy (non-hydrogen) atoms. The van der Waals surface area contributed by atoms with Gasteiger partial charge in [0.05, 0.1) is 22.7 Å². The Balaban J connectivity index is 1.66. The molecule has 1 fully saturated rings. The van der Waals surface area contributed by atoms with Gasteiger partial charge in [0.15, 0.2) is 4.77 Å². The smallest absolute Gasteiger partial charge is 0.266 e. The van der Waals surface area contributed by atoms with Crippen molar-refractivity contribution >= 4 is 29.0 Å². The Morgan fingerprint density at radius 1 is 1.26 bits per heavy atom. The number of hydrogen-bond acceptors (Lipinski definition) is 4. The lowest BCUT2D eigenvalue weighted by molar-refractivity contribution is 0.0858. The molecular weight excluding hydrogens is 362 g/mol. The standard InChI is InChI=1S/C20H19N3O3S/c24-18(21-12-15-7-4-10-26-15)13-8-9-16-17(11-13)22-20(27)23(19(16)25)14-5-2-1-3-6-14/h1-3,5-6,8-9,11,15H,4,7,10,12H2,(H,21,24)(H,22,27)/t15-/m0/s1. The summed E-state index contributed by atoms with van der Waals surface area (Å²) in [5.74, 6) is -0.195. The summed E-state index contributed by atoms with van der Waals surface area (Å²) in [6.07, 6.45) is 2.07. The van der Waals surface area contributed by atoms with E-state index in [2.05, 4.69) is 10.3 Å². The van der Waals surface area contributed by atoms with Crippen molar-refractivity contribution in [3.63, 3.8) is 0 Å². The highest BCUT2D eigenvalue weighted by Crippen LogP contribution is 2.14. The minimum absolute atomic E-state index is 0.0817. The summed E-state index contributed by atoms with van der Waals surface area (Å²) in [6, 6.07) is 14.2. The summed E-state index contributed by atoms with van der Waals surface area (Å²) in [7, 11) is 0. The van der Waals surface area contributed by atoms with E-state index in [1.54, 1.807) is 18.2 Å². The van der Waals surface area contributed by atoms with Crippen molar-refractivity contribution in [3.8, 4) is 5.69 Å². The number of fused-ring (bicyclic) bond motifs is 1. The molecule has 1 aliphatic heterocycles. The molecule has 0 unspecified atom stereocenters. The van der Waals surface area contributed by atoms with E-state index in [4.69, 9.17) is 17.0 Å². The fourth-order valence-corrected chi connectivity index (χ4v) is 3.58. The molecule has 3 aromatic rings. The lowest BCUT2D eigenvalue weighted by Gasteiger charge is -2.12. The van der Waals surface area contributed by atoms with Crippen LogP contribution in [0.15, 0.2) is 53.3 Å². The van der Waals surface area contributed by atoms with Crippen LogP contribution in [0.4, 0.5) is 0 Å². The Bertz CT molecular complexity index is 1100. The Hall–Kier alpha value is -2.77. The molecule has 1 aliphatic rings. The van der Waals surface area contributed by atoms with Gasteiger partial charge in [-0.1, -0.05) is 18.2 Å². The van der Waals surface area contributed by atoms with E-state index < -0.39 is 0 Å². The largest absolute Gasteiger partial charge is 0.376 e. The number of aromatic amines is 1. The summed E-state index contributed by atoms with van der Waals surface area (Å²) in [5, 5.41) is 3.36. The molecule has 0 bridgehead atoms. The molecule has 0 aliphatic carbocycles. The van der Waals surface area contributed by atoms with Gasteiger partial charge in [-0.2, -0.15) is 0 Å². The molecule has 4 rings (SSSR count). The maximum absolute atomic E-state index is 12.9. The zero-order valence-corrected chi connectivity index (χ0v) is 15.4.